The number of benzene rings is 2. The third kappa shape index (κ3) is 5.25. The summed E-state index contributed by atoms with van der Waals surface area (Å²) in [4.78, 5) is 15.5. The van der Waals surface area contributed by atoms with Gasteiger partial charge >= 0.3 is 0 Å². The Bertz CT molecular complexity index is 1520. The molecule has 1 aromatic heterocycles. The molecule has 5 rings (SSSR count). The lowest BCUT2D eigenvalue weighted by molar-refractivity contribution is -0.123. The highest BCUT2D eigenvalue weighted by Crippen LogP contribution is 2.36. The second-order valence-corrected chi connectivity index (χ2v) is 12.5. The predicted octanol–water partition coefficient (Wildman–Crippen LogP) is 5.29. The van der Waals surface area contributed by atoms with Gasteiger partial charge in [-0.1, -0.05) is 41.1 Å². The van der Waals surface area contributed by atoms with Crippen LogP contribution in [-0.4, -0.2) is 49.5 Å². The predicted molar refractivity (Wildman–Crippen MR) is 151 cm³/mol. The van der Waals surface area contributed by atoms with Crippen LogP contribution in [0, 0.1) is 33.6 Å². The fourth-order valence-electron chi connectivity index (χ4n) is 5.72. The molecule has 0 aliphatic carbocycles. The molecule has 2 aromatic carbocycles. The molecule has 0 bridgehead atoms. The molecule has 1 saturated heterocycles. The van der Waals surface area contributed by atoms with Crippen LogP contribution < -0.4 is 9.64 Å². The molecule has 39 heavy (non-hydrogen) atoms. The smallest absolute Gasteiger partial charge is 0.248 e. The molecule has 0 spiro atoms. The van der Waals surface area contributed by atoms with E-state index in [2.05, 4.69) is 17.3 Å². The molecule has 8 nitrogen and oxygen atoms in total. The third-order valence-corrected chi connectivity index (χ3v) is 9.52. The Morgan fingerprint density at radius 1 is 1.05 bits per heavy atom. The van der Waals surface area contributed by atoms with Gasteiger partial charge in [-0.25, -0.2) is 8.42 Å². The third-order valence-electron chi connectivity index (χ3n) is 7.49. The van der Waals surface area contributed by atoms with Crippen LogP contribution in [0.2, 0.25) is 0 Å². The van der Waals surface area contributed by atoms with Gasteiger partial charge in [0.1, 0.15) is 17.5 Å². The van der Waals surface area contributed by atoms with E-state index in [1.807, 2.05) is 58.0 Å². The van der Waals surface area contributed by atoms with Crippen molar-refractivity contribution in [2.45, 2.75) is 58.5 Å². The van der Waals surface area contributed by atoms with Crippen LogP contribution >= 0.6 is 0 Å². The highest BCUT2D eigenvalue weighted by molar-refractivity contribution is 7.89. The van der Waals surface area contributed by atoms with Crippen LogP contribution in [0.5, 0.6) is 5.75 Å². The maximum Gasteiger partial charge on any atom is 0.248 e. The lowest BCUT2D eigenvalue weighted by atomic mass is 9.97. The number of rotatable bonds is 5. The van der Waals surface area contributed by atoms with Crippen molar-refractivity contribution in [1.82, 2.24) is 9.46 Å². The SMILES string of the molecule is Cc1cc(C)c(/C=C/c2onc(C)c2S(=O)(=O)N2CCC[C@H](C(=O)N3C[C@@H](C)Oc4ccccc43)C2)c(C)c1. The molecule has 1 amide bonds. The summed E-state index contributed by atoms with van der Waals surface area (Å²) in [6.07, 6.45) is 4.62. The normalized spacial score (nSPS) is 20.2. The van der Waals surface area contributed by atoms with Crippen LogP contribution in [0.3, 0.4) is 0 Å². The van der Waals surface area contributed by atoms with Crippen LogP contribution in [-0.2, 0) is 14.8 Å². The van der Waals surface area contributed by atoms with E-state index in [-0.39, 0.29) is 29.2 Å². The van der Waals surface area contributed by atoms with Gasteiger partial charge in [0.05, 0.1) is 18.2 Å². The Hall–Kier alpha value is -3.43. The first kappa shape index (κ1) is 27.1. The van der Waals surface area contributed by atoms with E-state index in [1.165, 1.54) is 9.87 Å². The van der Waals surface area contributed by atoms with E-state index in [0.29, 0.717) is 37.4 Å². The number of fused-ring (bicyclic) bond motifs is 1. The number of piperidine rings is 1. The van der Waals surface area contributed by atoms with Gasteiger partial charge in [0.25, 0.3) is 0 Å². The summed E-state index contributed by atoms with van der Waals surface area (Å²) >= 11 is 0. The van der Waals surface area contributed by atoms with Gasteiger partial charge in [0.15, 0.2) is 10.7 Å². The second-order valence-electron chi connectivity index (χ2n) is 10.7. The molecule has 2 aliphatic heterocycles. The molecule has 1 fully saturated rings. The van der Waals surface area contributed by atoms with Crippen molar-refractivity contribution in [3.8, 4) is 5.75 Å². The lowest BCUT2D eigenvalue weighted by Crippen LogP contribution is -2.50. The van der Waals surface area contributed by atoms with Crippen molar-refractivity contribution >= 4 is 33.8 Å². The molecule has 0 unspecified atom stereocenters. The molecule has 206 valence electrons. The highest BCUT2D eigenvalue weighted by Gasteiger charge is 2.39. The Kier molecular flexibility index (Phi) is 7.39. The fraction of sp³-hybridized carbons (Fsp3) is 0.400. The van der Waals surface area contributed by atoms with Gasteiger partial charge < -0.3 is 14.2 Å². The largest absolute Gasteiger partial charge is 0.487 e. The second kappa shape index (κ2) is 10.6. The number of hydrogen-bond donors (Lipinski definition) is 0. The number of carbonyl (C=O) groups is 1. The van der Waals surface area contributed by atoms with Crippen molar-refractivity contribution in [2.75, 3.05) is 24.5 Å². The molecule has 0 radical (unpaired) electrons. The maximum atomic E-state index is 13.9. The van der Waals surface area contributed by atoms with Gasteiger partial charge in [-0.05, 0) is 82.4 Å². The minimum Gasteiger partial charge on any atom is -0.487 e. The van der Waals surface area contributed by atoms with Gasteiger partial charge in [0.2, 0.25) is 15.9 Å². The molecule has 0 N–H and O–H groups in total. The monoisotopic (exact) mass is 549 g/mol. The molecule has 9 heteroatoms. The number of carbonyl (C=O) groups excluding carboxylic acids is 1. The summed E-state index contributed by atoms with van der Waals surface area (Å²) in [6, 6.07) is 11.7. The summed E-state index contributed by atoms with van der Waals surface area (Å²) in [7, 11) is -3.95. The first-order valence-corrected chi connectivity index (χ1v) is 14.8. The maximum absolute atomic E-state index is 13.9. The van der Waals surface area contributed by atoms with Gasteiger partial charge in [-0.2, -0.15) is 4.31 Å². The van der Waals surface area contributed by atoms with Crippen LogP contribution in [0.25, 0.3) is 12.2 Å². The molecular weight excluding hydrogens is 514 g/mol. The van der Waals surface area contributed by atoms with Gasteiger partial charge in [-0.15, -0.1) is 0 Å². The summed E-state index contributed by atoms with van der Waals surface area (Å²) in [6.45, 7) is 10.5. The van der Waals surface area contributed by atoms with Crippen molar-refractivity contribution in [3.63, 3.8) is 0 Å². The average Bonchev–Trinajstić information content (AvgIpc) is 3.28. The topological polar surface area (TPSA) is 93.0 Å². The summed E-state index contributed by atoms with van der Waals surface area (Å²) in [5.74, 6) is 0.325. The van der Waals surface area contributed by atoms with E-state index in [1.54, 1.807) is 17.9 Å². The summed E-state index contributed by atoms with van der Waals surface area (Å²) in [5, 5.41) is 3.99. The van der Waals surface area contributed by atoms with Crippen molar-refractivity contribution < 1.29 is 22.5 Å². The van der Waals surface area contributed by atoms with Crippen molar-refractivity contribution in [3.05, 3.63) is 70.1 Å². The molecular formula is C30H35N3O5S. The van der Waals surface area contributed by atoms with Crippen LogP contribution in [0.15, 0.2) is 45.8 Å². The van der Waals surface area contributed by atoms with E-state index in [9.17, 15) is 13.2 Å². The zero-order valence-electron chi connectivity index (χ0n) is 23.1. The number of ether oxygens (including phenoxy) is 1. The molecule has 2 aliphatic rings. The number of aryl methyl sites for hydroxylation is 4. The quantitative estimate of drug-likeness (QED) is 0.429. The van der Waals surface area contributed by atoms with E-state index in [4.69, 9.17) is 9.26 Å². The number of amides is 1. The van der Waals surface area contributed by atoms with Crippen molar-refractivity contribution in [2.24, 2.45) is 5.92 Å². The van der Waals surface area contributed by atoms with Crippen LogP contribution in [0.4, 0.5) is 5.69 Å². The first-order chi connectivity index (χ1) is 18.6. The highest BCUT2D eigenvalue weighted by atomic mass is 32.2. The van der Waals surface area contributed by atoms with Gasteiger partial charge in [-0.3, -0.25) is 4.79 Å². The Morgan fingerprint density at radius 2 is 1.77 bits per heavy atom. The molecule has 3 aromatic rings. The molecule has 0 saturated carbocycles. The molecule has 3 heterocycles. The van der Waals surface area contributed by atoms with E-state index >= 15 is 0 Å². The Morgan fingerprint density at radius 3 is 2.51 bits per heavy atom. The number of sulfonamides is 1. The Balaban J connectivity index is 1.40. The zero-order valence-corrected chi connectivity index (χ0v) is 23.9. The molecule has 2 atom stereocenters. The average molecular weight is 550 g/mol. The van der Waals surface area contributed by atoms with Crippen molar-refractivity contribution in [1.29, 1.82) is 0 Å². The summed E-state index contributed by atoms with van der Waals surface area (Å²) < 4.78 is 40.6. The number of aromatic nitrogens is 1. The number of hydrogen-bond acceptors (Lipinski definition) is 6. The fourth-order valence-corrected chi connectivity index (χ4v) is 7.50. The number of nitrogens with zero attached hydrogens (tertiary/aromatic N) is 3. The number of anilines is 1. The van der Waals surface area contributed by atoms with E-state index in [0.717, 1.165) is 22.4 Å². The zero-order chi connectivity index (χ0) is 27.9. The van der Waals surface area contributed by atoms with Crippen LogP contribution in [0.1, 0.15) is 53.5 Å². The Labute approximate surface area is 230 Å². The minimum atomic E-state index is -3.95. The lowest BCUT2D eigenvalue weighted by Gasteiger charge is -2.38. The summed E-state index contributed by atoms with van der Waals surface area (Å²) in [5.41, 5.74) is 5.41. The number of para-hydroxylation sites is 2. The minimum absolute atomic E-state index is 0.0552. The van der Waals surface area contributed by atoms with Gasteiger partial charge in [0, 0.05) is 13.1 Å². The van der Waals surface area contributed by atoms with E-state index < -0.39 is 15.9 Å². The first-order valence-electron chi connectivity index (χ1n) is 13.4. The standard InChI is InChI=1S/C30H35N3O5S/c1-19-15-20(2)25(21(3)16-19)12-13-28-29(23(5)31-38-28)39(35,36)32-14-8-9-24(18-32)30(34)33-17-22(4)37-27-11-7-6-10-26(27)33/h6-7,10-13,15-16,22,24H,8-9,14,17-18H2,1-5H3/b13-12+/t22-,24+/m1/s1.